The van der Waals surface area contributed by atoms with Gasteiger partial charge in [-0.05, 0) is 6.07 Å². The average molecular weight is 213 g/mol. The molecule has 0 heterocycles. The van der Waals surface area contributed by atoms with E-state index in [4.69, 9.17) is 21.1 Å². The SMILES string of the molecule is NC(CO)(C(=O)O)c1cccc(O)c1O. The number of hydrogen-bond acceptors (Lipinski definition) is 5. The number of aromatic hydroxyl groups is 2. The Balaban J connectivity index is 3.37. The number of carboxylic acid groups (broad SMARTS) is 1. The van der Waals surface area contributed by atoms with Gasteiger partial charge < -0.3 is 26.2 Å². The number of aliphatic hydroxyl groups excluding tert-OH is 1. The van der Waals surface area contributed by atoms with E-state index in [1.165, 1.54) is 18.2 Å². The van der Waals surface area contributed by atoms with Crippen LogP contribution >= 0.6 is 0 Å². The summed E-state index contributed by atoms with van der Waals surface area (Å²) < 4.78 is 0. The lowest BCUT2D eigenvalue weighted by Gasteiger charge is -2.23. The summed E-state index contributed by atoms with van der Waals surface area (Å²) in [7, 11) is 0. The third kappa shape index (κ3) is 1.72. The molecular weight excluding hydrogens is 202 g/mol. The van der Waals surface area contributed by atoms with Crippen molar-refractivity contribution < 1.29 is 25.2 Å². The van der Waals surface area contributed by atoms with Crippen molar-refractivity contribution in [3.8, 4) is 11.5 Å². The highest BCUT2D eigenvalue weighted by molar-refractivity contribution is 5.82. The molecular formula is C9H11NO5. The van der Waals surface area contributed by atoms with E-state index in [1.807, 2.05) is 0 Å². The number of phenols is 2. The molecule has 1 aromatic carbocycles. The van der Waals surface area contributed by atoms with Crippen LogP contribution in [0.4, 0.5) is 0 Å². The zero-order chi connectivity index (χ0) is 11.6. The van der Waals surface area contributed by atoms with Gasteiger partial charge in [0.05, 0.1) is 6.61 Å². The van der Waals surface area contributed by atoms with Crippen molar-refractivity contribution in [1.82, 2.24) is 0 Å². The van der Waals surface area contributed by atoms with Crippen LogP contribution in [-0.4, -0.2) is 33.0 Å². The lowest BCUT2D eigenvalue weighted by atomic mass is 9.91. The predicted octanol–water partition coefficient (Wildman–Crippen LogP) is -0.671. The average Bonchev–Trinajstić information content (AvgIpc) is 2.20. The van der Waals surface area contributed by atoms with Crippen LogP contribution in [0.15, 0.2) is 18.2 Å². The first-order valence-electron chi connectivity index (χ1n) is 4.08. The quantitative estimate of drug-likeness (QED) is 0.424. The van der Waals surface area contributed by atoms with E-state index in [0.29, 0.717) is 0 Å². The van der Waals surface area contributed by atoms with Crippen LogP contribution in [0.1, 0.15) is 5.56 Å². The third-order valence-corrected chi connectivity index (χ3v) is 2.13. The molecule has 15 heavy (non-hydrogen) atoms. The van der Waals surface area contributed by atoms with E-state index < -0.39 is 29.6 Å². The highest BCUT2D eigenvalue weighted by atomic mass is 16.4. The van der Waals surface area contributed by atoms with Gasteiger partial charge in [0.15, 0.2) is 17.0 Å². The Hall–Kier alpha value is -1.79. The summed E-state index contributed by atoms with van der Waals surface area (Å²) in [4.78, 5) is 10.8. The van der Waals surface area contributed by atoms with Gasteiger partial charge in [-0.3, -0.25) is 0 Å². The summed E-state index contributed by atoms with van der Waals surface area (Å²) >= 11 is 0. The number of phenolic OH excluding ortho intramolecular Hbond substituents is 2. The number of para-hydroxylation sites is 1. The molecule has 0 radical (unpaired) electrons. The number of carboxylic acids is 1. The number of hydrogen-bond donors (Lipinski definition) is 5. The fourth-order valence-corrected chi connectivity index (χ4v) is 1.16. The van der Waals surface area contributed by atoms with Crippen molar-refractivity contribution >= 4 is 5.97 Å². The Morgan fingerprint density at radius 1 is 1.40 bits per heavy atom. The van der Waals surface area contributed by atoms with Crippen molar-refractivity contribution in [2.75, 3.05) is 6.61 Å². The minimum absolute atomic E-state index is 0.238. The molecule has 1 aromatic rings. The number of benzene rings is 1. The third-order valence-electron chi connectivity index (χ3n) is 2.13. The van der Waals surface area contributed by atoms with Gasteiger partial charge in [-0.2, -0.15) is 0 Å². The molecule has 1 unspecified atom stereocenters. The first-order chi connectivity index (χ1) is 6.93. The van der Waals surface area contributed by atoms with Crippen LogP contribution in [0.2, 0.25) is 0 Å². The Morgan fingerprint density at radius 2 is 2.00 bits per heavy atom. The van der Waals surface area contributed by atoms with Crippen LogP contribution in [0, 0.1) is 0 Å². The summed E-state index contributed by atoms with van der Waals surface area (Å²) in [5.41, 5.74) is 3.05. The lowest BCUT2D eigenvalue weighted by Crippen LogP contribution is -2.48. The minimum Gasteiger partial charge on any atom is -0.504 e. The van der Waals surface area contributed by atoms with E-state index in [1.54, 1.807) is 0 Å². The van der Waals surface area contributed by atoms with Gasteiger partial charge in [0.1, 0.15) is 0 Å². The van der Waals surface area contributed by atoms with Crippen molar-refractivity contribution in [3.05, 3.63) is 23.8 Å². The van der Waals surface area contributed by atoms with E-state index in [0.717, 1.165) is 0 Å². The number of carbonyl (C=O) groups is 1. The van der Waals surface area contributed by atoms with Crippen LogP contribution in [0.25, 0.3) is 0 Å². The Bertz CT molecular complexity index is 392. The minimum atomic E-state index is -2.12. The van der Waals surface area contributed by atoms with Gasteiger partial charge >= 0.3 is 5.97 Å². The van der Waals surface area contributed by atoms with Crippen molar-refractivity contribution in [1.29, 1.82) is 0 Å². The monoisotopic (exact) mass is 213 g/mol. The molecule has 0 fully saturated rings. The first-order valence-corrected chi connectivity index (χ1v) is 4.08. The first kappa shape index (κ1) is 11.3. The molecule has 82 valence electrons. The van der Waals surface area contributed by atoms with Crippen LogP contribution in [-0.2, 0) is 10.3 Å². The molecule has 6 heteroatoms. The standard InChI is InChI=1S/C9H11NO5/c10-9(4-11,8(14)15)5-2-1-3-6(12)7(5)13/h1-3,11-13H,4,10H2,(H,14,15). The van der Waals surface area contributed by atoms with E-state index in [9.17, 15) is 9.90 Å². The van der Waals surface area contributed by atoms with Crippen LogP contribution < -0.4 is 5.73 Å². The van der Waals surface area contributed by atoms with Crippen molar-refractivity contribution in [2.45, 2.75) is 5.54 Å². The molecule has 0 amide bonds. The maximum atomic E-state index is 10.8. The second kappa shape index (κ2) is 3.76. The summed E-state index contributed by atoms with van der Waals surface area (Å²) in [6, 6.07) is 3.72. The van der Waals surface area contributed by atoms with E-state index in [-0.39, 0.29) is 5.56 Å². The molecule has 0 bridgehead atoms. The number of aliphatic hydroxyl groups is 1. The van der Waals surface area contributed by atoms with Gasteiger partial charge in [0, 0.05) is 5.56 Å². The smallest absolute Gasteiger partial charge is 0.330 e. The second-order valence-corrected chi connectivity index (χ2v) is 3.11. The molecule has 6 N–H and O–H groups in total. The van der Waals surface area contributed by atoms with Crippen molar-refractivity contribution in [2.24, 2.45) is 5.73 Å². The summed E-state index contributed by atoms with van der Waals surface area (Å²) in [6.45, 7) is -0.890. The number of rotatable bonds is 3. The fraction of sp³-hybridized carbons (Fsp3) is 0.222. The van der Waals surface area contributed by atoms with Gasteiger partial charge in [0.25, 0.3) is 0 Å². The molecule has 1 atom stereocenters. The molecule has 0 aromatic heterocycles. The number of aliphatic carboxylic acids is 1. The molecule has 6 nitrogen and oxygen atoms in total. The van der Waals surface area contributed by atoms with Gasteiger partial charge in [-0.15, -0.1) is 0 Å². The zero-order valence-corrected chi connectivity index (χ0v) is 7.71. The maximum absolute atomic E-state index is 10.8. The van der Waals surface area contributed by atoms with Gasteiger partial charge in [0.2, 0.25) is 0 Å². The normalized spacial score (nSPS) is 14.5. The highest BCUT2D eigenvalue weighted by Gasteiger charge is 2.38. The Kier molecular flexibility index (Phi) is 2.83. The summed E-state index contributed by atoms with van der Waals surface area (Å²) in [5.74, 6) is -2.63. The topological polar surface area (TPSA) is 124 Å². The lowest BCUT2D eigenvalue weighted by molar-refractivity contribution is -0.145. The largest absolute Gasteiger partial charge is 0.504 e. The second-order valence-electron chi connectivity index (χ2n) is 3.11. The molecule has 0 saturated heterocycles. The zero-order valence-electron chi connectivity index (χ0n) is 7.71. The van der Waals surface area contributed by atoms with Crippen LogP contribution in [0.3, 0.4) is 0 Å². The Labute approximate surface area is 85.2 Å². The van der Waals surface area contributed by atoms with Crippen molar-refractivity contribution in [3.63, 3.8) is 0 Å². The molecule has 0 aliphatic heterocycles. The molecule has 1 rings (SSSR count). The van der Waals surface area contributed by atoms with E-state index in [2.05, 4.69) is 0 Å². The molecule has 0 aliphatic rings. The molecule has 0 aliphatic carbocycles. The molecule has 0 saturated carbocycles. The predicted molar refractivity (Wildman–Crippen MR) is 50.4 cm³/mol. The van der Waals surface area contributed by atoms with E-state index >= 15 is 0 Å². The van der Waals surface area contributed by atoms with Gasteiger partial charge in [-0.1, -0.05) is 12.1 Å². The summed E-state index contributed by atoms with van der Waals surface area (Å²) in [5, 5.41) is 36.3. The fourth-order valence-electron chi connectivity index (χ4n) is 1.16. The summed E-state index contributed by atoms with van der Waals surface area (Å²) in [6.07, 6.45) is 0. The van der Waals surface area contributed by atoms with Crippen LogP contribution in [0.5, 0.6) is 11.5 Å². The Morgan fingerprint density at radius 3 is 2.47 bits per heavy atom. The maximum Gasteiger partial charge on any atom is 0.330 e. The molecule has 0 spiro atoms. The number of nitrogens with two attached hydrogens (primary N) is 1. The highest BCUT2D eigenvalue weighted by Crippen LogP contribution is 2.34. The van der Waals surface area contributed by atoms with Gasteiger partial charge in [-0.25, -0.2) is 4.79 Å².